The highest BCUT2D eigenvalue weighted by Crippen LogP contribution is 2.31. The Morgan fingerprint density at radius 2 is 1.96 bits per heavy atom. The van der Waals surface area contributed by atoms with Gasteiger partial charge in [0.25, 0.3) is 5.91 Å². The van der Waals surface area contributed by atoms with Crippen LogP contribution in [0.15, 0.2) is 33.4 Å². The second kappa shape index (κ2) is 5.82. The summed E-state index contributed by atoms with van der Waals surface area (Å²) in [6.07, 6.45) is 3.84. The molecule has 7 heteroatoms. The standard InChI is InChI=1S/C16H18N2O5/c19-15(12-11-14(23-17-12)13-3-1-8-20-13)18-6-4-16(5-7-18)21-9-2-10-22-16/h1,3,8,11H,2,4-7,9-10H2. The molecule has 122 valence electrons. The summed E-state index contributed by atoms with van der Waals surface area (Å²) >= 11 is 0. The Morgan fingerprint density at radius 1 is 1.17 bits per heavy atom. The molecule has 7 nitrogen and oxygen atoms in total. The molecule has 4 heterocycles. The average Bonchev–Trinajstić information content (AvgIpc) is 3.27. The van der Waals surface area contributed by atoms with E-state index in [1.807, 2.05) is 0 Å². The van der Waals surface area contributed by atoms with Gasteiger partial charge in [-0.15, -0.1) is 0 Å². The Morgan fingerprint density at radius 3 is 2.65 bits per heavy atom. The van der Waals surface area contributed by atoms with Gasteiger partial charge in [-0.05, 0) is 18.6 Å². The summed E-state index contributed by atoms with van der Waals surface area (Å²) < 4.78 is 22.0. The molecule has 0 bridgehead atoms. The quantitative estimate of drug-likeness (QED) is 0.845. The molecule has 0 aromatic carbocycles. The fourth-order valence-corrected chi connectivity index (χ4v) is 3.03. The van der Waals surface area contributed by atoms with Crippen LogP contribution in [0.2, 0.25) is 0 Å². The summed E-state index contributed by atoms with van der Waals surface area (Å²) in [4.78, 5) is 14.3. The normalized spacial score (nSPS) is 20.8. The number of carbonyl (C=O) groups excluding carboxylic acids is 1. The maximum Gasteiger partial charge on any atom is 0.276 e. The highest BCUT2D eigenvalue weighted by atomic mass is 16.7. The van der Waals surface area contributed by atoms with Crippen molar-refractivity contribution in [2.24, 2.45) is 0 Å². The van der Waals surface area contributed by atoms with E-state index in [1.165, 1.54) is 0 Å². The molecule has 2 saturated heterocycles. The van der Waals surface area contributed by atoms with Crippen LogP contribution in [-0.4, -0.2) is 48.1 Å². The Balaban J connectivity index is 1.42. The maximum atomic E-state index is 12.5. The molecule has 0 unspecified atom stereocenters. The third kappa shape index (κ3) is 2.77. The van der Waals surface area contributed by atoms with Crippen LogP contribution < -0.4 is 0 Å². The van der Waals surface area contributed by atoms with Gasteiger partial charge in [0, 0.05) is 32.0 Å². The maximum absolute atomic E-state index is 12.5. The molecule has 0 aliphatic carbocycles. The summed E-state index contributed by atoms with van der Waals surface area (Å²) in [6, 6.07) is 5.13. The molecule has 23 heavy (non-hydrogen) atoms. The number of piperidine rings is 1. The summed E-state index contributed by atoms with van der Waals surface area (Å²) in [5.41, 5.74) is 0.290. The van der Waals surface area contributed by atoms with Crippen molar-refractivity contribution >= 4 is 5.91 Å². The zero-order chi connectivity index (χ0) is 15.7. The number of amides is 1. The highest BCUT2D eigenvalue weighted by molar-refractivity contribution is 5.93. The molecule has 2 aromatic rings. The number of ether oxygens (including phenoxy) is 2. The lowest BCUT2D eigenvalue weighted by atomic mass is 10.0. The van der Waals surface area contributed by atoms with Gasteiger partial charge >= 0.3 is 0 Å². The van der Waals surface area contributed by atoms with E-state index in [0.29, 0.717) is 37.5 Å². The molecule has 1 spiro atoms. The number of carbonyl (C=O) groups is 1. The van der Waals surface area contributed by atoms with Crippen molar-refractivity contribution in [2.75, 3.05) is 26.3 Å². The second-order valence-corrected chi connectivity index (χ2v) is 5.81. The molecule has 0 atom stereocenters. The molecule has 2 aliphatic rings. The average molecular weight is 318 g/mol. The Bertz CT molecular complexity index is 662. The largest absolute Gasteiger partial charge is 0.461 e. The first-order chi connectivity index (χ1) is 11.3. The Labute approximate surface area is 133 Å². The fraction of sp³-hybridized carbons (Fsp3) is 0.500. The van der Waals surface area contributed by atoms with E-state index in [9.17, 15) is 4.79 Å². The van der Waals surface area contributed by atoms with E-state index >= 15 is 0 Å². The molecule has 0 N–H and O–H groups in total. The third-order valence-corrected chi connectivity index (χ3v) is 4.32. The van der Waals surface area contributed by atoms with Crippen molar-refractivity contribution in [1.82, 2.24) is 10.1 Å². The first-order valence-electron chi connectivity index (χ1n) is 7.84. The van der Waals surface area contributed by atoms with E-state index in [1.54, 1.807) is 29.4 Å². The predicted octanol–water partition coefficient (Wildman–Crippen LogP) is 2.30. The van der Waals surface area contributed by atoms with Crippen LogP contribution in [0.25, 0.3) is 11.5 Å². The molecule has 0 saturated carbocycles. The Hall–Kier alpha value is -2.12. The lowest BCUT2D eigenvalue weighted by molar-refractivity contribution is -0.281. The van der Waals surface area contributed by atoms with Gasteiger partial charge in [-0.25, -0.2) is 0 Å². The number of furan rings is 1. The highest BCUT2D eigenvalue weighted by Gasteiger charge is 2.39. The first-order valence-corrected chi connectivity index (χ1v) is 7.84. The summed E-state index contributed by atoms with van der Waals surface area (Å²) in [5.74, 6) is 0.360. The molecule has 0 radical (unpaired) electrons. The molecule has 4 rings (SSSR count). The monoisotopic (exact) mass is 318 g/mol. The van der Waals surface area contributed by atoms with Crippen molar-refractivity contribution < 1.29 is 23.2 Å². The van der Waals surface area contributed by atoms with Crippen molar-refractivity contribution in [3.8, 4) is 11.5 Å². The number of hydrogen-bond donors (Lipinski definition) is 0. The van der Waals surface area contributed by atoms with E-state index in [-0.39, 0.29) is 11.6 Å². The SMILES string of the molecule is O=C(c1cc(-c2ccco2)on1)N1CCC2(CC1)OCCCO2. The first kappa shape index (κ1) is 14.5. The summed E-state index contributed by atoms with van der Waals surface area (Å²) in [7, 11) is 0. The lowest BCUT2D eigenvalue weighted by Gasteiger charge is -2.43. The minimum Gasteiger partial charge on any atom is -0.461 e. The zero-order valence-electron chi connectivity index (χ0n) is 12.7. The van der Waals surface area contributed by atoms with Gasteiger partial charge < -0.3 is 23.3 Å². The van der Waals surface area contributed by atoms with Gasteiger partial charge in [-0.3, -0.25) is 4.79 Å². The number of aromatic nitrogens is 1. The third-order valence-electron chi connectivity index (χ3n) is 4.32. The van der Waals surface area contributed by atoms with Crippen LogP contribution >= 0.6 is 0 Å². The Kier molecular flexibility index (Phi) is 3.66. The van der Waals surface area contributed by atoms with E-state index in [2.05, 4.69) is 5.16 Å². The number of likely N-dealkylation sites (tertiary alicyclic amines) is 1. The van der Waals surface area contributed by atoms with E-state index in [4.69, 9.17) is 18.4 Å². The van der Waals surface area contributed by atoms with Crippen LogP contribution in [0.4, 0.5) is 0 Å². The van der Waals surface area contributed by atoms with Gasteiger partial charge in [0.15, 0.2) is 17.2 Å². The van der Waals surface area contributed by atoms with Gasteiger partial charge in [0.05, 0.1) is 19.5 Å². The van der Waals surface area contributed by atoms with Gasteiger partial charge in [0.1, 0.15) is 0 Å². The number of nitrogens with zero attached hydrogens (tertiary/aromatic N) is 2. The zero-order valence-corrected chi connectivity index (χ0v) is 12.7. The predicted molar refractivity (Wildman–Crippen MR) is 78.6 cm³/mol. The molecular weight excluding hydrogens is 300 g/mol. The lowest BCUT2D eigenvalue weighted by Crippen LogP contribution is -2.51. The topological polar surface area (TPSA) is 77.9 Å². The van der Waals surface area contributed by atoms with Crippen LogP contribution in [0.3, 0.4) is 0 Å². The summed E-state index contributed by atoms with van der Waals surface area (Å²) in [6.45, 7) is 2.62. The minimum atomic E-state index is -0.502. The van der Waals surface area contributed by atoms with Crippen molar-refractivity contribution in [3.05, 3.63) is 30.2 Å². The van der Waals surface area contributed by atoms with Crippen LogP contribution in [0, 0.1) is 0 Å². The molecule has 1 amide bonds. The van der Waals surface area contributed by atoms with Crippen LogP contribution in [0.1, 0.15) is 29.8 Å². The number of hydrogen-bond acceptors (Lipinski definition) is 6. The van der Waals surface area contributed by atoms with Gasteiger partial charge in [-0.1, -0.05) is 5.16 Å². The minimum absolute atomic E-state index is 0.141. The van der Waals surface area contributed by atoms with Crippen LogP contribution in [0.5, 0.6) is 0 Å². The summed E-state index contributed by atoms with van der Waals surface area (Å²) in [5, 5.41) is 3.86. The van der Waals surface area contributed by atoms with Gasteiger partial charge in [-0.2, -0.15) is 0 Å². The fourth-order valence-electron chi connectivity index (χ4n) is 3.03. The number of rotatable bonds is 2. The van der Waals surface area contributed by atoms with E-state index < -0.39 is 5.79 Å². The second-order valence-electron chi connectivity index (χ2n) is 5.81. The van der Waals surface area contributed by atoms with Gasteiger partial charge in [0.2, 0.25) is 5.76 Å². The molecule has 2 aliphatic heterocycles. The molecule has 2 aromatic heterocycles. The molecular formula is C16H18N2O5. The van der Waals surface area contributed by atoms with Crippen molar-refractivity contribution in [2.45, 2.75) is 25.0 Å². The van der Waals surface area contributed by atoms with Crippen molar-refractivity contribution in [1.29, 1.82) is 0 Å². The van der Waals surface area contributed by atoms with E-state index in [0.717, 1.165) is 19.6 Å². The smallest absolute Gasteiger partial charge is 0.276 e. The van der Waals surface area contributed by atoms with Crippen LogP contribution in [-0.2, 0) is 9.47 Å². The molecule has 2 fully saturated rings. The van der Waals surface area contributed by atoms with Crippen molar-refractivity contribution in [3.63, 3.8) is 0 Å².